The van der Waals surface area contributed by atoms with E-state index in [1.165, 1.54) is 6.42 Å². The second-order valence-corrected chi connectivity index (χ2v) is 5.57. The van der Waals surface area contributed by atoms with Gasteiger partial charge in [-0.15, -0.1) is 0 Å². The van der Waals surface area contributed by atoms with Crippen LogP contribution >= 0.6 is 0 Å². The molecule has 0 spiro atoms. The van der Waals surface area contributed by atoms with Crippen LogP contribution in [-0.2, 0) is 6.42 Å². The van der Waals surface area contributed by atoms with Crippen molar-refractivity contribution in [3.05, 3.63) is 11.9 Å². The predicted molar refractivity (Wildman–Crippen MR) is 84.4 cm³/mol. The summed E-state index contributed by atoms with van der Waals surface area (Å²) in [5, 5.41) is 3.31. The van der Waals surface area contributed by atoms with Crippen molar-refractivity contribution < 1.29 is 4.74 Å². The summed E-state index contributed by atoms with van der Waals surface area (Å²) in [6.45, 7) is 10.4. The maximum Gasteiger partial charge on any atom is 0.218 e. The van der Waals surface area contributed by atoms with E-state index in [2.05, 4.69) is 43.0 Å². The molecular weight excluding hydrogens is 250 g/mol. The van der Waals surface area contributed by atoms with Crippen molar-refractivity contribution in [3.8, 4) is 5.88 Å². The van der Waals surface area contributed by atoms with Gasteiger partial charge >= 0.3 is 0 Å². The van der Waals surface area contributed by atoms with Gasteiger partial charge in [0.25, 0.3) is 0 Å². The molecule has 0 aromatic carbocycles. The highest BCUT2D eigenvalue weighted by Gasteiger charge is 2.05. The Bertz CT molecular complexity index is 380. The van der Waals surface area contributed by atoms with Crippen LogP contribution in [0.25, 0.3) is 0 Å². The van der Waals surface area contributed by atoms with E-state index in [1.807, 2.05) is 6.07 Å². The molecular formula is C16H29N3O. The first-order valence-electron chi connectivity index (χ1n) is 7.90. The molecule has 0 radical (unpaired) electrons. The van der Waals surface area contributed by atoms with Gasteiger partial charge in [0.15, 0.2) is 0 Å². The van der Waals surface area contributed by atoms with E-state index in [1.54, 1.807) is 0 Å². The van der Waals surface area contributed by atoms with Crippen molar-refractivity contribution in [1.29, 1.82) is 0 Å². The minimum absolute atomic E-state index is 0.700. The van der Waals surface area contributed by atoms with Gasteiger partial charge in [-0.05, 0) is 31.6 Å². The van der Waals surface area contributed by atoms with Crippen LogP contribution in [0.1, 0.15) is 59.2 Å². The van der Waals surface area contributed by atoms with Crippen LogP contribution in [0.3, 0.4) is 0 Å². The molecule has 1 aromatic heterocycles. The van der Waals surface area contributed by atoms with Gasteiger partial charge in [-0.1, -0.05) is 27.7 Å². The van der Waals surface area contributed by atoms with Crippen LogP contribution in [0, 0.1) is 5.92 Å². The van der Waals surface area contributed by atoms with Gasteiger partial charge in [-0.2, -0.15) is 4.98 Å². The summed E-state index contributed by atoms with van der Waals surface area (Å²) in [5.41, 5.74) is 0. The van der Waals surface area contributed by atoms with Crippen LogP contribution in [0.2, 0.25) is 0 Å². The summed E-state index contributed by atoms with van der Waals surface area (Å²) in [6, 6.07) is 1.91. The van der Waals surface area contributed by atoms with Crippen LogP contribution in [0.5, 0.6) is 5.88 Å². The number of rotatable bonds is 10. The monoisotopic (exact) mass is 279 g/mol. The van der Waals surface area contributed by atoms with Crippen molar-refractivity contribution in [2.24, 2.45) is 5.92 Å². The maximum absolute atomic E-state index is 5.77. The zero-order valence-electron chi connectivity index (χ0n) is 13.4. The molecule has 0 saturated heterocycles. The fourth-order valence-electron chi connectivity index (χ4n) is 1.89. The molecule has 1 aromatic rings. The molecule has 0 aliphatic rings. The minimum Gasteiger partial charge on any atom is -0.478 e. The van der Waals surface area contributed by atoms with Crippen molar-refractivity contribution in [3.63, 3.8) is 0 Å². The van der Waals surface area contributed by atoms with Gasteiger partial charge < -0.3 is 10.1 Å². The van der Waals surface area contributed by atoms with E-state index >= 15 is 0 Å². The van der Waals surface area contributed by atoms with Gasteiger partial charge in [-0.3, -0.25) is 0 Å². The molecule has 114 valence electrons. The van der Waals surface area contributed by atoms with Gasteiger partial charge in [0.05, 0.1) is 6.61 Å². The molecule has 0 fully saturated rings. The highest BCUT2D eigenvalue weighted by Crippen LogP contribution is 2.15. The molecule has 0 unspecified atom stereocenters. The molecule has 0 amide bonds. The summed E-state index contributed by atoms with van der Waals surface area (Å²) in [4.78, 5) is 8.99. The first-order chi connectivity index (χ1) is 9.65. The largest absolute Gasteiger partial charge is 0.478 e. The van der Waals surface area contributed by atoms with E-state index in [-0.39, 0.29) is 0 Å². The number of hydrogen-bond acceptors (Lipinski definition) is 4. The Balaban J connectivity index is 2.60. The Morgan fingerprint density at radius 2 is 2.00 bits per heavy atom. The van der Waals surface area contributed by atoms with Gasteiger partial charge in [0.2, 0.25) is 5.88 Å². The predicted octanol–water partition coefficient (Wildman–Crippen LogP) is 4.07. The van der Waals surface area contributed by atoms with E-state index in [9.17, 15) is 0 Å². The smallest absolute Gasteiger partial charge is 0.218 e. The highest BCUT2D eigenvalue weighted by atomic mass is 16.5. The lowest BCUT2D eigenvalue weighted by Crippen LogP contribution is -2.08. The molecule has 4 heteroatoms. The third-order valence-corrected chi connectivity index (χ3v) is 2.95. The lowest BCUT2D eigenvalue weighted by molar-refractivity contribution is 0.286. The second kappa shape index (κ2) is 9.56. The van der Waals surface area contributed by atoms with Crippen LogP contribution in [0.4, 0.5) is 5.82 Å². The molecule has 20 heavy (non-hydrogen) atoms. The third-order valence-electron chi connectivity index (χ3n) is 2.95. The SMILES string of the molecule is CCCNc1cc(OCCCC(C)C)nc(CCC)n1. The first kappa shape index (κ1) is 16.7. The molecule has 0 saturated carbocycles. The standard InChI is InChI=1S/C16H29N3O/c1-5-8-14-18-15(17-10-6-2)12-16(19-14)20-11-7-9-13(3)4/h12-13H,5-11H2,1-4H3,(H,17,18,19). The van der Waals surface area contributed by atoms with E-state index in [4.69, 9.17) is 4.74 Å². The third kappa shape index (κ3) is 6.73. The number of nitrogens with zero attached hydrogens (tertiary/aromatic N) is 2. The van der Waals surface area contributed by atoms with Gasteiger partial charge in [0, 0.05) is 19.0 Å². The summed E-state index contributed by atoms with van der Waals surface area (Å²) in [6.07, 6.45) is 5.28. The fourth-order valence-corrected chi connectivity index (χ4v) is 1.89. The van der Waals surface area contributed by atoms with E-state index in [0.717, 1.165) is 56.4 Å². The van der Waals surface area contributed by atoms with Crippen LogP contribution in [-0.4, -0.2) is 23.1 Å². The Morgan fingerprint density at radius 3 is 2.65 bits per heavy atom. The van der Waals surface area contributed by atoms with Crippen LogP contribution in [0.15, 0.2) is 6.07 Å². The average Bonchev–Trinajstić information content (AvgIpc) is 2.41. The summed E-state index contributed by atoms with van der Waals surface area (Å²) < 4.78 is 5.77. The van der Waals surface area contributed by atoms with Gasteiger partial charge in [0.1, 0.15) is 11.6 Å². The molecule has 0 aliphatic carbocycles. The molecule has 0 atom stereocenters. The Hall–Kier alpha value is -1.32. The number of anilines is 1. The van der Waals surface area contributed by atoms with Crippen LogP contribution < -0.4 is 10.1 Å². The van der Waals surface area contributed by atoms with E-state index < -0.39 is 0 Å². The molecule has 4 nitrogen and oxygen atoms in total. The highest BCUT2D eigenvalue weighted by molar-refractivity contribution is 5.38. The Kier molecular flexibility index (Phi) is 8.00. The summed E-state index contributed by atoms with van der Waals surface area (Å²) >= 11 is 0. The Labute approximate surface area is 123 Å². The normalized spacial score (nSPS) is 10.8. The van der Waals surface area contributed by atoms with Crippen molar-refractivity contribution in [1.82, 2.24) is 9.97 Å². The summed E-state index contributed by atoms with van der Waals surface area (Å²) in [7, 11) is 0. The molecule has 1 N–H and O–H groups in total. The first-order valence-corrected chi connectivity index (χ1v) is 7.90. The quantitative estimate of drug-likeness (QED) is 0.656. The molecule has 0 bridgehead atoms. The number of hydrogen-bond donors (Lipinski definition) is 1. The Morgan fingerprint density at radius 1 is 1.20 bits per heavy atom. The number of aryl methyl sites for hydroxylation is 1. The minimum atomic E-state index is 0.700. The lowest BCUT2D eigenvalue weighted by Gasteiger charge is -2.11. The zero-order valence-corrected chi connectivity index (χ0v) is 13.4. The van der Waals surface area contributed by atoms with Crippen molar-refractivity contribution in [2.75, 3.05) is 18.5 Å². The number of ether oxygens (including phenoxy) is 1. The average molecular weight is 279 g/mol. The number of aromatic nitrogens is 2. The molecule has 1 rings (SSSR count). The molecule has 0 aliphatic heterocycles. The van der Waals surface area contributed by atoms with Gasteiger partial charge in [-0.25, -0.2) is 4.98 Å². The zero-order chi connectivity index (χ0) is 14.8. The maximum atomic E-state index is 5.77. The topological polar surface area (TPSA) is 47.0 Å². The van der Waals surface area contributed by atoms with E-state index in [0.29, 0.717) is 5.88 Å². The summed E-state index contributed by atoms with van der Waals surface area (Å²) in [5.74, 6) is 3.17. The van der Waals surface area contributed by atoms with Crippen molar-refractivity contribution >= 4 is 5.82 Å². The van der Waals surface area contributed by atoms with Crippen molar-refractivity contribution in [2.45, 2.75) is 59.8 Å². The fraction of sp³-hybridized carbons (Fsp3) is 0.750. The molecule has 1 heterocycles. The lowest BCUT2D eigenvalue weighted by atomic mass is 10.1. The second-order valence-electron chi connectivity index (χ2n) is 5.57. The number of nitrogens with one attached hydrogen (secondary N) is 1.